The average molecular weight is 224 g/mol. The molecule has 86 valence electrons. The summed E-state index contributed by atoms with van der Waals surface area (Å²) in [6.07, 6.45) is 0.613. The van der Waals surface area contributed by atoms with Crippen molar-refractivity contribution in [3.8, 4) is 6.07 Å². The van der Waals surface area contributed by atoms with Crippen molar-refractivity contribution in [1.29, 1.82) is 5.26 Å². The summed E-state index contributed by atoms with van der Waals surface area (Å²) in [7, 11) is 0. The van der Waals surface area contributed by atoms with Crippen molar-refractivity contribution in [2.75, 3.05) is 11.9 Å². The molecule has 0 aliphatic heterocycles. The van der Waals surface area contributed by atoms with Crippen LogP contribution in [0.15, 0.2) is 18.2 Å². The number of halogens is 2. The number of hydrogen-bond donors (Lipinski definition) is 1. The number of hydrogen-bond acceptors (Lipinski definition) is 2. The van der Waals surface area contributed by atoms with Crippen molar-refractivity contribution in [2.24, 2.45) is 5.41 Å². The van der Waals surface area contributed by atoms with E-state index in [4.69, 9.17) is 5.26 Å². The normalized spacial score (nSPS) is 10.9. The molecule has 0 fully saturated rings. The van der Waals surface area contributed by atoms with Crippen LogP contribution in [-0.4, -0.2) is 6.54 Å². The molecule has 2 nitrogen and oxygen atoms in total. The van der Waals surface area contributed by atoms with Crippen molar-refractivity contribution in [1.82, 2.24) is 0 Å². The Labute approximate surface area is 93.9 Å². The maximum atomic E-state index is 12.8. The number of nitrogens with zero attached hydrogens (tertiary/aromatic N) is 1. The Morgan fingerprint density at radius 3 is 2.31 bits per heavy atom. The van der Waals surface area contributed by atoms with Crippen molar-refractivity contribution < 1.29 is 8.78 Å². The van der Waals surface area contributed by atoms with Crippen LogP contribution in [-0.2, 0) is 0 Å². The summed E-state index contributed by atoms with van der Waals surface area (Å²) < 4.78 is 25.6. The summed E-state index contributed by atoms with van der Waals surface area (Å²) in [5, 5.41) is 11.7. The highest BCUT2D eigenvalue weighted by atomic mass is 19.1. The number of nitriles is 1. The van der Waals surface area contributed by atoms with Crippen LogP contribution in [0.25, 0.3) is 0 Å². The quantitative estimate of drug-likeness (QED) is 0.851. The van der Waals surface area contributed by atoms with Crippen LogP contribution in [0.4, 0.5) is 14.5 Å². The molecule has 0 aliphatic carbocycles. The van der Waals surface area contributed by atoms with Crippen LogP contribution in [0, 0.1) is 28.4 Å². The second kappa shape index (κ2) is 4.93. The molecule has 1 rings (SSSR count). The van der Waals surface area contributed by atoms with Gasteiger partial charge in [0.1, 0.15) is 11.6 Å². The Kier molecular flexibility index (Phi) is 3.83. The van der Waals surface area contributed by atoms with Gasteiger partial charge < -0.3 is 5.32 Å². The standard InChI is InChI=1S/C12H14F2N2/c1-12(2,8-15)3-4-16-11-6-9(13)5-10(14)7-11/h5-7,16H,3-4H2,1-2H3. The van der Waals surface area contributed by atoms with Gasteiger partial charge in [-0.25, -0.2) is 8.78 Å². The molecule has 16 heavy (non-hydrogen) atoms. The van der Waals surface area contributed by atoms with Gasteiger partial charge in [-0.3, -0.25) is 0 Å². The van der Waals surface area contributed by atoms with Gasteiger partial charge in [0.2, 0.25) is 0 Å². The Morgan fingerprint density at radius 1 is 1.25 bits per heavy atom. The molecule has 0 saturated carbocycles. The fraction of sp³-hybridized carbons (Fsp3) is 0.417. The first-order chi connectivity index (χ1) is 7.43. The molecule has 1 N–H and O–H groups in total. The summed E-state index contributed by atoms with van der Waals surface area (Å²) in [6, 6.07) is 5.44. The first kappa shape index (κ1) is 12.4. The van der Waals surface area contributed by atoms with Gasteiger partial charge >= 0.3 is 0 Å². The van der Waals surface area contributed by atoms with E-state index in [1.54, 1.807) is 0 Å². The van der Waals surface area contributed by atoms with E-state index in [1.807, 2.05) is 13.8 Å². The predicted octanol–water partition coefficient (Wildman–Crippen LogP) is 3.32. The molecule has 0 saturated heterocycles. The van der Waals surface area contributed by atoms with Crippen molar-refractivity contribution >= 4 is 5.69 Å². The molecule has 4 heteroatoms. The van der Waals surface area contributed by atoms with Crippen molar-refractivity contribution in [3.05, 3.63) is 29.8 Å². The molecule has 0 amide bonds. The van der Waals surface area contributed by atoms with Gasteiger partial charge in [0, 0.05) is 18.3 Å². The summed E-state index contributed by atoms with van der Waals surface area (Å²) in [5.74, 6) is -1.22. The van der Waals surface area contributed by atoms with Crippen LogP contribution in [0.5, 0.6) is 0 Å². The fourth-order valence-corrected chi connectivity index (χ4v) is 1.23. The van der Waals surface area contributed by atoms with Crippen LogP contribution in [0.2, 0.25) is 0 Å². The zero-order valence-corrected chi connectivity index (χ0v) is 9.35. The van der Waals surface area contributed by atoms with Gasteiger partial charge in [0.25, 0.3) is 0 Å². The number of benzene rings is 1. The van der Waals surface area contributed by atoms with Crippen LogP contribution in [0.3, 0.4) is 0 Å². The Bertz CT molecular complexity index is 388. The maximum absolute atomic E-state index is 12.8. The first-order valence-electron chi connectivity index (χ1n) is 5.04. The molecule has 1 aromatic carbocycles. The van der Waals surface area contributed by atoms with Gasteiger partial charge in [0.15, 0.2) is 0 Å². The SMILES string of the molecule is CC(C)(C#N)CCNc1cc(F)cc(F)c1. The topological polar surface area (TPSA) is 35.8 Å². The fourth-order valence-electron chi connectivity index (χ4n) is 1.23. The highest BCUT2D eigenvalue weighted by Gasteiger charge is 2.15. The Hall–Kier alpha value is -1.63. The number of anilines is 1. The molecule has 0 bridgehead atoms. The van der Waals surface area contributed by atoms with E-state index >= 15 is 0 Å². The van der Waals surface area contributed by atoms with Crippen LogP contribution < -0.4 is 5.32 Å². The average Bonchev–Trinajstić information content (AvgIpc) is 2.16. The zero-order chi connectivity index (χ0) is 12.2. The lowest BCUT2D eigenvalue weighted by atomic mass is 9.91. The third kappa shape index (κ3) is 3.85. The summed E-state index contributed by atoms with van der Waals surface area (Å²) >= 11 is 0. The Morgan fingerprint density at radius 2 is 1.81 bits per heavy atom. The number of nitrogens with one attached hydrogen (secondary N) is 1. The largest absolute Gasteiger partial charge is 0.385 e. The minimum absolute atomic E-state index is 0.395. The van der Waals surface area contributed by atoms with E-state index in [0.717, 1.165) is 6.07 Å². The van der Waals surface area contributed by atoms with E-state index < -0.39 is 17.0 Å². The third-order valence-corrected chi connectivity index (χ3v) is 2.24. The lowest BCUT2D eigenvalue weighted by Gasteiger charge is -2.15. The van der Waals surface area contributed by atoms with Crippen molar-refractivity contribution in [2.45, 2.75) is 20.3 Å². The second-order valence-electron chi connectivity index (χ2n) is 4.33. The first-order valence-corrected chi connectivity index (χ1v) is 5.04. The van der Waals surface area contributed by atoms with Crippen LogP contribution >= 0.6 is 0 Å². The summed E-state index contributed by atoms with van der Waals surface area (Å²) in [6.45, 7) is 4.14. The van der Waals surface area contributed by atoms with Gasteiger partial charge in [-0.1, -0.05) is 0 Å². The molecule has 0 atom stereocenters. The van der Waals surface area contributed by atoms with E-state index in [-0.39, 0.29) is 0 Å². The minimum atomic E-state index is -0.609. The van der Waals surface area contributed by atoms with E-state index in [1.165, 1.54) is 12.1 Å². The van der Waals surface area contributed by atoms with E-state index in [9.17, 15) is 8.78 Å². The zero-order valence-electron chi connectivity index (χ0n) is 9.35. The molecular formula is C12H14F2N2. The minimum Gasteiger partial charge on any atom is -0.385 e. The van der Waals surface area contributed by atoms with Crippen LogP contribution in [0.1, 0.15) is 20.3 Å². The molecule has 0 aromatic heterocycles. The predicted molar refractivity (Wildman–Crippen MR) is 58.9 cm³/mol. The maximum Gasteiger partial charge on any atom is 0.128 e. The van der Waals surface area contributed by atoms with E-state index in [2.05, 4.69) is 11.4 Å². The smallest absolute Gasteiger partial charge is 0.128 e. The van der Waals surface area contributed by atoms with Gasteiger partial charge in [0.05, 0.1) is 11.5 Å². The number of rotatable bonds is 4. The highest BCUT2D eigenvalue weighted by Crippen LogP contribution is 2.19. The van der Waals surface area contributed by atoms with Gasteiger partial charge in [-0.05, 0) is 32.4 Å². The Balaban J connectivity index is 2.53. The molecule has 0 radical (unpaired) electrons. The molecule has 0 unspecified atom stereocenters. The highest BCUT2D eigenvalue weighted by molar-refractivity contribution is 5.43. The molecule has 1 aromatic rings. The molecule has 0 heterocycles. The lowest BCUT2D eigenvalue weighted by molar-refractivity contribution is 0.466. The second-order valence-corrected chi connectivity index (χ2v) is 4.33. The lowest BCUT2D eigenvalue weighted by Crippen LogP contribution is -2.14. The summed E-state index contributed by atoms with van der Waals surface area (Å²) in [4.78, 5) is 0. The van der Waals surface area contributed by atoms with Crippen molar-refractivity contribution in [3.63, 3.8) is 0 Å². The van der Waals surface area contributed by atoms with E-state index in [0.29, 0.717) is 18.7 Å². The van der Waals surface area contributed by atoms with Gasteiger partial charge in [-0.2, -0.15) is 5.26 Å². The third-order valence-electron chi connectivity index (χ3n) is 2.24. The molecule has 0 aliphatic rings. The molecular weight excluding hydrogens is 210 g/mol. The molecule has 0 spiro atoms. The summed E-state index contributed by atoms with van der Waals surface area (Å²) in [5.41, 5.74) is -0.0370. The van der Waals surface area contributed by atoms with Gasteiger partial charge in [-0.15, -0.1) is 0 Å². The monoisotopic (exact) mass is 224 g/mol.